The zero-order valence-electron chi connectivity index (χ0n) is 9.22. The summed E-state index contributed by atoms with van der Waals surface area (Å²) in [6, 6.07) is 9.10. The molecule has 0 aliphatic carbocycles. The van der Waals surface area contributed by atoms with Crippen LogP contribution in [0.1, 0.15) is 0 Å². The fraction of sp³-hybridized carbons (Fsp3) is 0. The molecule has 2 aromatic heterocycles. The lowest BCUT2D eigenvalue weighted by atomic mass is 10.2. The molecule has 88 valence electrons. The zero-order valence-corrected chi connectivity index (χ0v) is 10.8. The molecule has 0 saturated heterocycles. The van der Waals surface area contributed by atoms with Crippen LogP contribution >= 0.6 is 15.9 Å². The van der Waals surface area contributed by atoms with Gasteiger partial charge in [-0.1, -0.05) is 15.9 Å². The Morgan fingerprint density at radius 2 is 2.11 bits per heavy atom. The second-order valence-corrected chi connectivity index (χ2v) is 4.73. The minimum atomic E-state index is -0.153. The molecule has 0 radical (unpaired) electrons. The molecule has 0 fully saturated rings. The van der Waals surface area contributed by atoms with E-state index in [-0.39, 0.29) is 5.56 Å². The van der Waals surface area contributed by atoms with Gasteiger partial charge in [-0.3, -0.25) is 9.78 Å². The SMILES string of the molecule is O=c1[nH]c(-c2cccnc2)nc2ccc(Br)cc12. The van der Waals surface area contributed by atoms with Gasteiger partial charge in [0.1, 0.15) is 5.82 Å². The molecule has 1 aromatic carbocycles. The summed E-state index contributed by atoms with van der Waals surface area (Å²) in [7, 11) is 0. The van der Waals surface area contributed by atoms with Gasteiger partial charge in [0.25, 0.3) is 5.56 Å². The summed E-state index contributed by atoms with van der Waals surface area (Å²) in [6.07, 6.45) is 3.35. The third kappa shape index (κ3) is 1.93. The minimum Gasteiger partial charge on any atom is -0.306 e. The first-order valence-electron chi connectivity index (χ1n) is 5.34. The number of nitrogens with one attached hydrogen (secondary N) is 1. The highest BCUT2D eigenvalue weighted by atomic mass is 79.9. The molecule has 4 nitrogen and oxygen atoms in total. The van der Waals surface area contributed by atoms with E-state index < -0.39 is 0 Å². The summed E-state index contributed by atoms with van der Waals surface area (Å²) in [5, 5.41) is 0.567. The van der Waals surface area contributed by atoms with Crippen molar-refractivity contribution in [3.05, 3.63) is 57.6 Å². The Bertz CT molecular complexity index is 768. The summed E-state index contributed by atoms with van der Waals surface area (Å²) in [4.78, 5) is 23.2. The van der Waals surface area contributed by atoms with E-state index in [1.165, 1.54) is 0 Å². The van der Waals surface area contributed by atoms with Crippen LogP contribution in [-0.2, 0) is 0 Å². The number of H-pyrrole nitrogens is 1. The molecule has 0 unspecified atom stereocenters. The predicted molar refractivity (Wildman–Crippen MR) is 73.3 cm³/mol. The van der Waals surface area contributed by atoms with Gasteiger partial charge in [0.15, 0.2) is 0 Å². The molecule has 0 spiro atoms. The highest BCUT2D eigenvalue weighted by molar-refractivity contribution is 9.10. The van der Waals surface area contributed by atoms with Gasteiger partial charge in [0.05, 0.1) is 10.9 Å². The Labute approximate surface area is 111 Å². The quantitative estimate of drug-likeness (QED) is 0.752. The largest absolute Gasteiger partial charge is 0.306 e. The second-order valence-electron chi connectivity index (χ2n) is 3.82. The van der Waals surface area contributed by atoms with Crippen LogP contribution in [-0.4, -0.2) is 15.0 Å². The van der Waals surface area contributed by atoms with E-state index in [9.17, 15) is 4.79 Å². The van der Waals surface area contributed by atoms with Gasteiger partial charge < -0.3 is 4.98 Å². The summed E-state index contributed by atoms with van der Waals surface area (Å²) >= 11 is 3.34. The van der Waals surface area contributed by atoms with Gasteiger partial charge in [0.2, 0.25) is 0 Å². The molecule has 0 aliphatic rings. The number of aromatic amines is 1. The smallest absolute Gasteiger partial charge is 0.259 e. The zero-order chi connectivity index (χ0) is 12.5. The van der Waals surface area contributed by atoms with Crippen molar-refractivity contribution in [2.75, 3.05) is 0 Å². The first kappa shape index (κ1) is 11.1. The van der Waals surface area contributed by atoms with Crippen molar-refractivity contribution in [2.45, 2.75) is 0 Å². The van der Waals surface area contributed by atoms with E-state index >= 15 is 0 Å². The number of benzene rings is 1. The summed E-state index contributed by atoms with van der Waals surface area (Å²) in [6.45, 7) is 0. The number of fused-ring (bicyclic) bond motifs is 1. The molecular weight excluding hydrogens is 294 g/mol. The van der Waals surface area contributed by atoms with Crippen LogP contribution in [0, 0.1) is 0 Å². The van der Waals surface area contributed by atoms with Gasteiger partial charge in [0, 0.05) is 22.4 Å². The number of nitrogens with zero attached hydrogens (tertiary/aromatic N) is 2. The molecule has 0 atom stereocenters. The van der Waals surface area contributed by atoms with Crippen LogP contribution < -0.4 is 5.56 Å². The predicted octanol–water partition coefficient (Wildman–Crippen LogP) is 2.75. The van der Waals surface area contributed by atoms with Crippen LogP contribution in [0.2, 0.25) is 0 Å². The number of hydrogen-bond donors (Lipinski definition) is 1. The molecule has 0 bridgehead atoms. The van der Waals surface area contributed by atoms with Crippen LogP contribution in [0.5, 0.6) is 0 Å². The lowest BCUT2D eigenvalue weighted by Gasteiger charge is -2.02. The van der Waals surface area contributed by atoms with E-state index in [0.717, 1.165) is 10.0 Å². The van der Waals surface area contributed by atoms with Crippen LogP contribution in [0.3, 0.4) is 0 Å². The van der Waals surface area contributed by atoms with Crippen LogP contribution in [0.25, 0.3) is 22.3 Å². The van der Waals surface area contributed by atoms with Crippen molar-refractivity contribution in [2.24, 2.45) is 0 Å². The van der Waals surface area contributed by atoms with Crippen LogP contribution in [0.4, 0.5) is 0 Å². The lowest BCUT2D eigenvalue weighted by Crippen LogP contribution is -2.09. The number of hydrogen-bond acceptors (Lipinski definition) is 3. The van der Waals surface area contributed by atoms with Crippen molar-refractivity contribution >= 4 is 26.8 Å². The third-order valence-corrected chi connectivity index (χ3v) is 3.10. The Balaban J connectivity index is 2.29. The summed E-state index contributed by atoms with van der Waals surface area (Å²) in [5.74, 6) is 0.530. The van der Waals surface area contributed by atoms with Gasteiger partial charge in [-0.2, -0.15) is 0 Å². The van der Waals surface area contributed by atoms with Gasteiger partial charge in [-0.05, 0) is 30.3 Å². The average molecular weight is 302 g/mol. The molecule has 18 heavy (non-hydrogen) atoms. The molecule has 0 amide bonds. The summed E-state index contributed by atoms with van der Waals surface area (Å²) in [5.41, 5.74) is 1.31. The monoisotopic (exact) mass is 301 g/mol. The molecule has 5 heteroatoms. The highest BCUT2D eigenvalue weighted by Crippen LogP contribution is 2.18. The fourth-order valence-corrected chi connectivity index (χ4v) is 2.11. The topological polar surface area (TPSA) is 58.6 Å². The standard InChI is InChI=1S/C13H8BrN3O/c14-9-3-4-11-10(6-9)13(18)17-12(16-11)8-2-1-5-15-7-8/h1-7H,(H,16,17,18). The maximum Gasteiger partial charge on any atom is 0.259 e. The van der Waals surface area contributed by atoms with Crippen molar-refractivity contribution in [3.8, 4) is 11.4 Å². The first-order chi connectivity index (χ1) is 8.74. The normalized spacial score (nSPS) is 10.7. The molecular formula is C13H8BrN3O. The molecule has 3 rings (SSSR count). The van der Waals surface area contributed by atoms with Gasteiger partial charge >= 0.3 is 0 Å². The van der Waals surface area contributed by atoms with Crippen molar-refractivity contribution in [1.29, 1.82) is 0 Å². The minimum absolute atomic E-state index is 0.153. The van der Waals surface area contributed by atoms with Crippen molar-refractivity contribution < 1.29 is 0 Å². The van der Waals surface area contributed by atoms with Gasteiger partial charge in [-0.15, -0.1) is 0 Å². The highest BCUT2D eigenvalue weighted by Gasteiger charge is 2.06. The first-order valence-corrected chi connectivity index (χ1v) is 6.13. The fourth-order valence-electron chi connectivity index (χ4n) is 1.75. The Kier molecular flexibility index (Phi) is 2.68. The molecule has 1 N–H and O–H groups in total. The summed E-state index contributed by atoms with van der Waals surface area (Å²) < 4.78 is 0.858. The third-order valence-electron chi connectivity index (χ3n) is 2.60. The van der Waals surface area contributed by atoms with E-state index in [1.807, 2.05) is 18.2 Å². The maximum atomic E-state index is 12.0. The number of halogens is 1. The van der Waals surface area contributed by atoms with Gasteiger partial charge in [-0.25, -0.2) is 4.98 Å². The van der Waals surface area contributed by atoms with E-state index in [4.69, 9.17) is 0 Å². The number of rotatable bonds is 1. The number of pyridine rings is 1. The second kappa shape index (κ2) is 4.34. The van der Waals surface area contributed by atoms with Crippen molar-refractivity contribution in [1.82, 2.24) is 15.0 Å². The Morgan fingerprint density at radius 1 is 1.22 bits per heavy atom. The van der Waals surface area contributed by atoms with E-state index in [0.29, 0.717) is 16.7 Å². The van der Waals surface area contributed by atoms with E-state index in [2.05, 4.69) is 30.9 Å². The molecule has 0 saturated carbocycles. The molecule has 0 aliphatic heterocycles. The molecule has 3 aromatic rings. The number of aromatic nitrogens is 3. The Morgan fingerprint density at radius 3 is 2.89 bits per heavy atom. The molecule has 2 heterocycles. The van der Waals surface area contributed by atoms with Crippen LogP contribution in [0.15, 0.2) is 52.0 Å². The lowest BCUT2D eigenvalue weighted by molar-refractivity contribution is 1.17. The maximum absolute atomic E-state index is 12.0. The van der Waals surface area contributed by atoms with E-state index in [1.54, 1.807) is 24.5 Å². The van der Waals surface area contributed by atoms with Crippen molar-refractivity contribution in [3.63, 3.8) is 0 Å². The average Bonchev–Trinajstić information content (AvgIpc) is 2.40. The Hall–Kier alpha value is -2.01.